The molecule has 1 aliphatic rings. The van der Waals surface area contributed by atoms with Crippen LogP contribution in [0.5, 0.6) is 0 Å². The molecule has 1 amide bonds. The molecule has 2 atom stereocenters. The summed E-state index contributed by atoms with van der Waals surface area (Å²) in [5.74, 6) is 0.258. The minimum Gasteiger partial charge on any atom is -0.381 e. The first-order valence-electron chi connectivity index (χ1n) is 6.91. The number of likely N-dealkylation sites (tertiary alicyclic amines) is 1. The smallest absolute Gasteiger partial charge is 0.224 e. The molecule has 0 spiro atoms. The number of carbonyl (C=O) groups is 1. The average molecular weight is 256 g/mol. The molecule has 1 N–H and O–H groups in total. The highest BCUT2D eigenvalue weighted by molar-refractivity contribution is 5.76. The number of carbonyl (C=O) groups excluding carboxylic acids is 1. The van der Waals surface area contributed by atoms with Gasteiger partial charge in [0.25, 0.3) is 0 Å². The lowest BCUT2D eigenvalue weighted by atomic mass is 10.00. The minimum atomic E-state index is 0.0783. The fourth-order valence-electron chi connectivity index (χ4n) is 2.40. The van der Waals surface area contributed by atoms with Crippen LogP contribution in [0.25, 0.3) is 0 Å². The van der Waals surface area contributed by atoms with Crippen molar-refractivity contribution in [1.29, 1.82) is 0 Å². The van der Waals surface area contributed by atoms with E-state index in [1.54, 1.807) is 7.11 Å². The van der Waals surface area contributed by atoms with Crippen molar-refractivity contribution in [2.45, 2.75) is 64.6 Å². The third-order valence-electron chi connectivity index (χ3n) is 3.48. The van der Waals surface area contributed by atoms with E-state index >= 15 is 0 Å². The van der Waals surface area contributed by atoms with Crippen molar-refractivity contribution in [2.75, 3.05) is 20.2 Å². The SMILES string of the molecule is COC1CCN(C(=O)CCNC(C)(C)C)C(C)C1. The number of nitrogens with zero attached hydrogens (tertiary/aromatic N) is 1. The standard InChI is InChI=1S/C14H28N2O2/c1-11-10-12(18-5)7-9-16(11)13(17)6-8-15-14(2,3)4/h11-12,15H,6-10H2,1-5H3. The number of amides is 1. The van der Waals surface area contributed by atoms with Crippen molar-refractivity contribution < 1.29 is 9.53 Å². The Morgan fingerprint density at radius 2 is 2.11 bits per heavy atom. The first-order valence-corrected chi connectivity index (χ1v) is 6.91. The zero-order valence-electron chi connectivity index (χ0n) is 12.5. The third-order valence-corrected chi connectivity index (χ3v) is 3.48. The predicted octanol–water partition coefficient (Wildman–Crippen LogP) is 1.79. The van der Waals surface area contributed by atoms with Crippen LogP contribution in [0.2, 0.25) is 0 Å². The highest BCUT2D eigenvalue weighted by Crippen LogP contribution is 2.19. The Balaban J connectivity index is 2.34. The lowest BCUT2D eigenvalue weighted by Gasteiger charge is -2.37. The third kappa shape index (κ3) is 4.94. The zero-order valence-corrected chi connectivity index (χ0v) is 12.5. The van der Waals surface area contributed by atoms with E-state index in [1.165, 1.54) is 0 Å². The Bertz CT molecular complexity index is 273. The van der Waals surface area contributed by atoms with E-state index in [1.807, 2.05) is 4.90 Å². The van der Waals surface area contributed by atoms with Crippen LogP contribution in [-0.2, 0) is 9.53 Å². The first kappa shape index (κ1) is 15.4. The van der Waals surface area contributed by atoms with Crippen LogP contribution >= 0.6 is 0 Å². The molecular weight excluding hydrogens is 228 g/mol. The maximum Gasteiger partial charge on any atom is 0.224 e. The highest BCUT2D eigenvalue weighted by atomic mass is 16.5. The number of ether oxygens (including phenoxy) is 1. The second-order valence-corrected chi connectivity index (χ2v) is 6.25. The number of piperidine rings is 1. The molecule has 1 heterocycles. The Kier molecular flexibility index (Phi) is 5.60. The van der Waals surface area contributed by atoms with Gasteiger partial charge in [0.1, 0.15) is 0 Å². The molecule has 4 heteroatoms. The molecule has 2 unspecified atom stereocenters. The van der Waals surface area contributed by atoms with Gasteiger partial charge in [-0.05, 0) is 40.5 Å². The molecule has 106 valence electrons. The monoisotopic (exact) mass is 256 g/mol. The Morgan fingerprint density at radius 1 is 1.44 bits per heavy atom. The molecule has 1 rings (SSSR count). The molecule has 1 aliphatic heterocycles. The van der Waals surface area contributed by atoms with E-state index in [9.17, 15) is 4.79 Å². The van der Waals surface area contributed by atoms with E-state index in [0.29, 0.717) is 18.6 Å². The van der Waals surface area contributed by atoms with Crippen molar-refractivity contribution in [1.82, 2.24) is 10.2 Å². The second kappa shape index (κ2) is 6.53. The van der Waals surface area contributed by atoms with Crippen LogP contribution in [0.4, 0.5) is 0 Å². The van der Waals surface area contributed by atoms with Crippen LogP contribution < -0.4 is 5.32 Å². The molecule has 1 saturated heterocycles. The number of nitrogens with one attached hydrogen (secondary N) is 1. The van der Waals surface area contributed by atoms with E-state index in [0.717, 1.165) is 25.9 Å². The number of hydrogen-bond donors (Lipinski definition) is 1. The van der Waals surface area contributed by atoms with Crippen LogP contribution in [0.1, 0.15) is 47.0 Å². The first-order chi connectivity index (χ1) is 8.33. The summed E-state index contributed by atoms with van der Waals surface area (Å²) in [6.45, 7) is 10.0. The lowest BCUT2D eigenvalue weighted by molar-refractivity contribution is -0.136. The van der Waals surface area contributed by atoms with Gasteiger partial charge < -0.3 is 15.0 Å². The highest BCUT2D eigenvalue weighted by Gasteiger charge is 2.28. The number of hydrogen-bond acceptors (Lipinski definition) is 3. The summed E-state index contributed by atoms with van der Waals surface area (Å²) in [4.78, 5) is 14.1. The quantitative estimate of drug-likeness (QED) is 0.834. The van der Waals surface area contributed by atoms with Crippen molar-refractivity contribution in [3.8, 4) is 0 Å². The van der Waals surface area contributed by atoms with Gasteiger partial charge in [0, 0.05) is 38.2 Å². The molecule has 0 aromatic carbocycles. The molecule has 0 aliphatic carbocycles. The van der Waals surface area contributed by atoms with Gasteiger partial charge in [-0.25, -0.2) is 0 Å². The van der Waals surface area contributed by atoms with Crippen molar-refractivity contribution in [3.05, 3.63) is 0 Å². The topological polar surface area (TPSA) is 41.6 Å². The van der Waals surface area contributed by atoms with Gasteiger partial charge in [-0.1, -0.05) is 0 Å². The van der Waals surface area contributed by atoms with Crippen LogP contribution in [0, 0.1) is 0 Å². The van der Waals surface area contributed by atoms with E-state index in [-0.39, 0.29) is 11.4 Å². The number of rotatable bonds is 4. The summed E-state index contributed by atoms with van der Waals surface area (Å²) < 4.78 is 5.37. The van der Waals surface area contributed by atoms with Crippen molar-refractivity contribution >= 4 is 5.91 Å². The van der Waals surface area contributed by atoms with Gasteiger partial charge in [-0.2, -0.15) is 0 Å². The van der Waals surface area contributed by atoms with E-state index < -0.39 is 0 Å². The molecule has 1 fully saturated rings. The van der Waals surface area contributed by atoms with Gasteiger partial charge in [0.15, 0.2) is 0 Å². The summed E-state index contributed by atoms with van der Waals surface area (Å²) in [6, 6.07) is 0.297. The molecule has 4 nitrogen and oxygen atoms in total. The van der Waals surface area contributed by atoms with E-state index in [2.05, 4.69) is 33.0 Å². The van der Waals surface area contributed by atoms with Gasteiger partial charge in [0.2, 0.25) is 5.91 Å². The Labute approximate surface area is 111 Å². The summed E-state index contributed by atoms with van der Waals surface area (Å²) >= 11 is 0. The Hall–Kier alpha value is -0.610. The fourth-order valence-corrected chi connectivity index (χ4v) is 2.40. The van der Waals surface area contributed by atoms with Gasteiger partial charge in [0.05, 0.1) is 6.10 Å². The molecule has 0 aromatic rings. The van der Waals surface area contributed by atoms with Gasteiger partial charge >= 0.3 is 0 Å². The maximum atomic E-state index is 12.1. The largest absolute Gasteiger partial charge is 0.381 e. The van der Waals surface area contributed by atoms with Crippen molar-refractivity contribution in [2.24, 2.45) is 0 Å². The molecule has 0 radical (unpaired) electrons. The van der Waals surface area contributed by atoms with Gasteiger partial charge in [-0.15, -0.1) is 0 Å². The lowest BCUT2D eigenvalue weighted by Crippen LogP contribution is -2.47. The zero-order chi connectivity index (χ0) is 13.8. The normalized spacial score (nSPS) is 25.3. The summed E-state index contributed by atoms with van der Waals surface area (Å²) in [5.41, 5.74) is 0.0783. The molecule has 0 aromatic heterocycles. The predicted molar refractivity (Wildman–Crippen MR) is 73.6 cm³/mol. The summed E-state index contributed by atoms with van der Waals surface area (Å²) in [7, 11) is 1.75. The van der Waals surface area contributed by atoms with Crippen molar-refractivity contribution in [3.63, 3.8) is 0 Å². The molecular formula is C14H28N2O2. The van der Waals surface area contributed by atoms with E-state index in [4.69, 9.17) is 4.74 Å². The molecule has 0 saturated carbocycles. The van der Waals surface area contributed by atoms with Crippen LogP contribution in [0.15, 0.2) is 0 Å². The summed E-state index contributed by atoms with van der Waals surface area (Å²) in [5, 5.41) is 3.35. The molecule has 0 bridgehead atoms. The fraction of sp³-hybridized carbons (Fsp3) is 0.929. The Morgan fingerprint density at radius 3 is 2.61 bits per heavy atom. The average Bonchev–Trinajstić information content (AvgIpc) is 2.26. The molecule has 18 heavy (non-hydrogen) atoms. The minimum absolute atomic E-state index is 0.0783. The van der Waals surface area contributed by atoms with Gasteiger partial charge in [-0.3, -0.25) is 4.79 Å². The number of methoxy groups -OCH3 is 1. The maximum absolute atomic E-state index is 12.1. The van der Waals surface area contributed by atoms with Crippen LogP contribution in [0.3, 0.4) is 0 Å². The summed E-state index contributed by atoms with van der Waals surface area (Å²) in [6.07, 6.45) is 2.81. The van der Waals surface area contributed by atoms with Crippen LogP contribution in [-0.4, -0.2) is 48.7 Å². The second-order valence-electron chi connectivity index (χ2n) is 6.25.